The minimum atomic E-state index is -3.69. The fourth-order valence-corrected chi connectivity index (χ4v) is 3.10. The van der Waals surface area contributed by atoms with E-state index in [1.165, 1.54) is 25.1 Å². The Bertz CT molecular complexity index is 693. The van der Waals surface area contributed by atoms with Gasteiger partial charge in [0.15, 0.2) is 11.5 Å². The van der Waals surface area contributed by atoms with Crippen molar-refractivity contribution >= 4 is 9.84 Å². The molecular weight excluding hydrogens is 264 g/mol. The quantitative estimate of drug-likeness (QED) is 0.828. The van der Waals surface area contributed by atoms with Gasteiger partial charge in [-0.15, -0.1) is 0 Å². The summed E-state index contributed by atoms with van der Waals surface area (Å²) in [6.45, 7) is 3.40. The van der Waals surface area contributed by atoms with Crippen LogP contribution < -0.4 is 0 Å². The van der Waals surface area contributed by atoms with E-state index in [4.69, 9.17) is 0 Å². The topological polar surface area (TPSA) is 74.6 Å². The predicted molar refractivity (Wildman–Crippen MR) is 71.1 cm³/mol. The van der Waals surface area contributed by atoms with Crippen LogP contribution in [0.4, 0.5) is 0 Å². The van der Waals surface area contributed by atoms with E-state index in [0.29, 0.717) is 5.56 Å². The number of sulfone groups is 1. The van der Waals surface area contributed by atoms with Gasteiger partial charge in [0.25, 0.3) is 0 Å². The zero-order valence-corrected chi connectivity index (χ0v) is 11.4. The van der Waals surface area contributed by atoms with Crippen LogP contribution in [0.25, 0.3) is 0 Å². The van der Waals surface area contributed by atoms with Gasteiger partial charge in [0.05, 0.1) is 9.79 Å². The molecule has 0 aliphatic carbocycles. The second kappa shape index (κ2) is 4.59. The van der Waals surface area contributed by atoms with E-state index >= 15 is 0 Å². The lowest BCUT2D eigenvalue weighted by atomic mass is 10.2. The highest BCUT2D eigenvalue weighted by atomic mass is 32.2. The number of hydrogen-bond donors (Lipinski definition) is 2. The third kappa shape index (κ3) is 2.42. The van der Waals surface area contributed by atoms with Gasteiger partial charge in [0.1, 0.15) is 0 Å². The molecule has 2 N–H and O–H groups in total. The van der Waals surface area contributed by atoms with Crippen LogP contribution in [0, 0.1) is 13.8 Å². The average Bonchev–Trinajstić information content (AvgIpc) is 2.35. The third-order valence-electron chi connectivity index (χ3n) is 2.90. The number of aryl methyl sites for hydroxylation is 2. The van der Waals surface area contributed by atoms with Gasteiger partial charge in [-0.25, -0.2) is 8.42 Å². The van der Waals surface area contributed by atoms with Gasteiger partial charge in [-0.1, -0.05) is 17.7 Å². The average molecular weight is 278 g/mol. The fourth-order valence-electron chi connectivity index (χ4n) is 1.74. The van der Waals surface area contributed by atoms with Gasteiger partial charge in [-0.05, 0) is 37.6 Å². The molecule has 0 aliphatic rings. The maximum Gasteiger partial charge on any atom is 0.206 e. The highest BCUT2D eigenvalue weighted by Crippen LogP contribution is 2.33. The molecule has 0 spiro atoms. The Hall–Kier alpha value is -2.01. The summed E-state index contributed by atoms with van der Waals surface area (Å²) in [6.07, 6.45) is 0. The van der Waals surface area contributed by atoms with E-state index in [2.05, 4.69) is 0 Å². The Balaban J connectivity index is 2.60. The summed E-state index contributed by atoms with van der Waals surface area (Å²) in [7, 11) is -3.69. The molecule has 5 heteroatoms. The summed E-state index contributed by atoms with van der Waals surface area (Å²) in [5.41, 5.74) is 1.27. The molecule has 0 heterocycles. The summed E-state index contributed by atoms with van der Waals surface area (Å²) >= 11 is 0. The van der Waals surface area contributed by atoms with Crippen LogP contribution in [0.2, 0.25) is 0 Å². The molecule has 2 rings (SSSR count). The van der Waals surface area contributed by atoms with Crippen LogP contribution in [0.5, 0.6) is 11.5 Å². The minimum absolute atomic E-state index is 0.0378. The molecule has 0 atom stereocenters. The summed E-state index contributed by atoms with van der Waals surface area (Å²) < 4.78 is 24.7. The second-order valence-electron chi connectivity index (χ2n) is 4.42. The molecule has 100 valence electrons. The molecule has 0 bridgehead atoms. The fraction of sp³-hybridized carbons (Fsp3) is 0.143. The summed E-state index contributed by atoms with van der Waals surface area (Å²) in [4.78, 5) is 0.117. The number of benzene rings is 2. The zero-order valence-electron chi connectivity index (χ0n) is 10.6. The van der Waals surface area contributed by atoms with Gasteiger partial charge < -0.3 is 10.2 Å². The van der Waals surface area contributed by atoms with Crippen molar-refractivity contribution in [3.8, 4) is 11.5 Å². The van der Waals surface area contributed by atoms with E-state index in [1.54, 1.807) is 12.1 Å². The van der Waals surface area contributed by atoms with Crippen molar-refractivity contribution in [2.75, 3.05) is 0 Å². The first-order valence-electron chi connectivity index (χ1n) is 5.66. The normalized spacial score (nSPS) is 11.5. The molecule has 0 saturated heterocycles. The van der Waals surface area contributed by atoms with Crippen molar-refractivity contribution < 1.29 is 18.6 Å². The van der Waals surface area contributed by atoms with Crippen LogP contribution in [0.1, 0.15) is 11.1 Å². The molecule has 0 aliphatic heterocycles. The predicted octanol–water partition coefficient (Wildman–Crippen LogP) is 2.55. The first-order chi connectivity index (χ1) is 8.82. The van der Waals surface area contributed by atoms with Crippen molar-refractivity contribution in [2.45, 2.75) is 23.6 Å². The van der Waals surface area contributed by atoms with Crippen LogP contribution in [0.15, 0.2) is 46.2 Å². The van der Waals surface area contributed by atoms with Gasteiger partial charge in [-0.2, -0.15) is 0 Å². The van der Waals surface area contributed by atoms with E-state index in [1.807, 2.05) is 6.92 Å². The van der Waals surface area contributed by atoms with Crippen LogP contribution in [-0.4, -0.2) is 18.6 Å². The molecule has 19 heavy (non-hydrogen) atoms. The first kappa shape index (κ1) is 13.4. The molecule has 0 aromatic heterocycles. The first-order valence-corrected chi connectivity index (χ1v) is 7.15. The molecule has 4 nitrogen and oxygen atoms in total. The molecule has 0 radical (unpaired) electrons. The number of hydrogen-bond acceptors (Lipinski definition) is 4. The molecule has 0 fully saturated rings. The SMILES string of the molecule is Cc1ccc(S(=O)(=O)c2cc(C)c(O)c(O)c2)cc1. The monoisotopic (exact) mass is 278 g/mol. The van der Waals surface area contributed by atoms with Crippen molar-refractivity contribution in [3.63, 3.8) is 0 Å². The number of aromatic hydroxyl groups is 2. The third-order valence-corrected chi connectivity index (χ3v) is 4.64. The minimum Gasteiger partial charge on any atom is -0.504 e. The van der Waals surface area contributed by atoms with Crippen molar-refractivity contribution in [2.24, 2.45) is 0 Å². The Morgan fingerprint density at radius 3 is 2.00 bits per heavy atom. The maximum atomic E-state index is 12.4. The lowest BCUT2D eigenvalue weighted by Crippen LogP contribution is -2.02. The molecule has 0 amide bonds. The smallest absolute Gasteiger partial charge is 0.206 e. The van der Waals surface area contributed by atoms with Gasteiger partial charge in [-0.3, -0.25) is 0 Å². The van der Waals surface area contributed by atoms with Gasteiger partial charge in [0.2, 0.25) is 9.84 Å². The molecule has 2 aromatic carbocycles. The Morgan fingerprint density at radius 1 is 0.895 bits per heavy atom. The number of phenols is 2. The molecule has 0 saturated carbocycles. The van der Waals surface area contributed by atoms with Crippen LogP contribution in [-0.2, 0) is 9.84 Å². The molecule has 2 aromatic rings. The molecular formula is C14H14O4S. The highest BCUT2D eigenvalue weighted by Gasteiger charge is 2.20. The summed E-state index contributed by atoms with van der Waals surface area (Å²) in [5.74, 6) is -0.742. The Kier molecular flexibility index (Phi) is 3.24. The maximum absolute atomic E-state index is 12.4. The Labute approximate surface area is 111 Å². The van der Waals surface area contributed by atoms with Gasteiger partial charge in [0, 0.05) is 6.07 Å². The Morgan fingerprint density at radius 2 is 1.47 bits per heavy atom. The van der Waals surface area contributed by atoms with E-state index < -0.39 is 15.6 Å². The lowest BCUT2D eigenvalue weighted by Gasteiger charge is -2.08. The number of phenolic OH excluding ortho intramolecular Hbond substituents is 2. The van der Waals surface area contributed by atoms with E-state index in [9.17, 15) is 18.6 Å². The van der Waals surface area contributed by atoms with Crippen LogP contribution in [0.3, 0.4) is 0 Å². The van der Waals surface area contributed by atoms with Crippen molar-refractivity contribution in [3.05, 3.63) is 47.5 Å². The largest absolute Gasteiger partial charge is 0.504 e. The highest BCUT2D eigenvalue weighted by molar-refractivity contribution is 7.91. The molecule has 0 unspecified atom stereocenters. The summed E-state index contributed by atoms with van der Waals surface area (Å²) in [5, 5.41) is 19.0. The van der Waals surface area contributed by atoms with Crippen LogP contribution >= 0.6 is 0 Å². The second-order valence-corrected chi connectivity index (χ2v) is 6.37. The standard InChI is InChI=1S/C14H14O4S/c1-9-3-5-11(6-4-9)19(17,18)12-7-10(2)14(16)13(15)8-12/h3-8,15-16H,1-2H3. The summed E-state index contributed by atoms with van der Waals surface area (Å²) in [6, 6.07) is 8.84. The zero-order chi connectivity index (χ0) is 14.2. The van der Waals surface area contributed by atoms with E-state index in [0.717, 1.165) is 11.6 Å². The lowest BCUT2D eigenvalue weighted by molar-refractivity contribution is 0.399. The van der Waals surface area contributed by atoms with Crippen molar-refractivity contribution in [1.82, 2.24) is 0 Å². The van der Waals surface area contributed by atoms with E-state index in [-0.39, 0.29) is 15.5 Å². The van der Waals surface area contributed by atoms with Gasteiger partial charge >= 0.3 is 0 Å². The van der Waals surface area contributed by atoms with Crippen molar-refractivity contribution in [1.29, 1.82) is 0 Å². The number of rotatable bonds is 2.